The van der Waals surface area contributed by atoms with E-state index < -0.39 is 0 Å². The number of nitrogens with one attached hydrogen (secondary N) is 1. The molecule has 0 aromatic heterocycles. The molecule has 0 amide bonds. The summed E-state index contributed by atoms with van der Waals surface area (Å²) in [5.41, 5.74) is 2.72. The molecule has 1 aromatic rings. The fraction of sp³-hybridized carbons (Fsp3) is 0.333. The maximum Gasteiger partial charge on any atom is 0.0208 e. The Morgan fingerprint density at radius 2 is 2.00 bits per heavy atom. The third kappa shape index (κ3) is 3.90. The van der Waals surface area contributed by atoms with Crippen molar-refractivity contribution in [2.45, 2.75) is 20.4 Å². The van der Waals surface area contributed by atoms with Crippen LogP contribution in [0.4, 0.5) is 0 Å². The minimum Gasteiger partial charge on any atom is -0.309 e. The zero-order valence-corrected chi connectivity index (χ0v) is 8.38. The van der Waals surface area contributed by atoms with Gasteiger partial charge in [-0.2, -0.15) is 0 Å². The molecular weight excluding hydrogens is 158 g/mol. The van der Waals surface area contributed by atoms with E-state index >= 15 is 0 Å². The van der Waals surface area contributed by atoms with Crippen LogP contribution in [-0.2, 0) is 6.54 Å². The molecule has 1 heteroatoms. The highest BCUT2D eigenvalue weighted by atomic mass is 14.8. The lowest BCUT2D eigenvalue weighted by Crippen LogP contribution is -2.15. The summed E-state index contributed by atoms with van der Waals surface area (Å²) in [6.45, 7) is 6.13. The van der Waals surface area contributed by atoms with Crippen LogP contribution in [0.25, 0.3) is 0 Å². The molecule has 1 aromatic carbocycles. The van der Waals surface area contributed by atoms with E-state index in [0.29, 0.717) is 0 Å². The van der Waals surface area contributed by atoms with Crippen molar-refractivity contribution in [1.82, 2.24) is 5.32 Å². The van der Waals surface area contributed by atoms with Crippen LogP contribution in [0.2, 0.25) is 0 Å². The van der Waals surface area contributed by atoms with E-state index in [1.807, 2.05) is 6.07 Å². The van der Waals surface area contributed by atoms with Crippen molar-refractivity contribution < 1.29 is 0 Å². The second-order valence-corrected chi connectivity index (χ2v) is 3.22. The Morgan fingerprint density at radius 3 is 2.62 bits per heavy atom. The van der Waals surface area contributed by atoms with Crippen molar-refractivity contribution in [3.8, 4) is 0 Å². The Hall–Kier alpha value is -1.08. The molecule has 1 N–H and O–H groups in total. The smallest absolute Gasteiger partial charge is 0.0208 e. The molecule has 0 radical (unpaired) electrons. The average molecular weight is 175 g/mol. The lowest BCUT2D eigenvalue weighted by atomic mass is 10.2. The van der Waals surface area contributed by atoms with E-state index in [2.05, 4.69) is 49.5 Å². The van der Waals surface area contributed by atoms with E-state index in [1.165, 1.54) is 11.1 Å². The number of allylic oxidation sites excluding steroid dienone is 1. The highest BCUT2D eigenvalue weighted by Gasteiger charge is 1.90. The van der Waals surface area contributed by atoms with Gasteiger partial charge in [-0.3, -0.25) is 0 Å². The molecule has 0 fully saturated rings. The summed E-state index contributed by atoms with van der Waals surface area (Å²) in [5.74, 6) is 0. The summed E-state index contributed by atoms with van der Waals surface area (Å²) in [6, 6.07) is 10.5. The van der Waals surface area contributed by atoms with E-state index in [9.17, 15) is 0 Å². The van der Waals surface area contributed by atoms with Gasteiger partial charge in [-0.1, -0.05) is 42.0 Å². The molecule has 0 spiro atoms. The molecule has 0 bridgehead atoms. The van der Waals surface area contributed by atoms with Crippen LogP contribution in [0, 0.1) is 0 Å². The summed E-state index contributed by atoms with van der Waals surface area (Å²) in [5, 5.41) is 3.38. The Labute approximate surface area is 80.5 Å². The fourth-order valence-electron chi connectivity index (χ4n) is 1.10. The first kappa shape index (κ1) is 10.0. The Bertz CT molecular complexity index is 262. The van der Waals surface area contributed by atoms with Gasteiger partial charge in [0.2, 0.25) is 0 Å². The molecule has 0 aliphatic carbocycles. The quantitative estimate of drug-likeness (QED) is 0.694. The van der Waals surface area contributed by atoms with Crippen molar-refractivity contribution in [2.75, 3.05) is 6.54 Å². The van der Waals surface area contributed by atoms with Gasteiger partial charge in [-0.05, 0) is 19.4 Å². The number of rotatable bonds is 4. The van der Waals surface area contributed by atoms with Crippen molar-refractivity contribution in [1.29, 1.82) is 0 Å². The van der Waals surface area contributed by atoms with Crippen molar-refractivity contribution in [3.05, 3.63) is 47.5 Å². The van der Waals surface area contributed by atoms with E-state index in [4.69, 9.17) is 0 Å². The molecule has 0 saturated heterocycles. The van der Waals surface area contributed by atoms with Gasteiger partial charge >= 0.3 is 0 Å². The van der Waals surface area contributed by atoms with Gasteiger partial charge in [-0.15, -0.1) is 0 Å². The number of hydrogen-bond donors (Lipinski definition) is 1. The first-order valence-electron chi connectivity index (χ1n) is 4.69. The molecule has 70 valence electrons. The van der Waals surface area contributed by atoms with Gasteiger partial charge in [-0.25, -0.2) is 0 Å². The molecular formula is C12H17N. The van der Waals surface area contributed by atoms with E-state index in [0.717, 1.165) is 13.1 Å². The molecule has 0 aliphatic rings. The third-order valence-electron chi connectivity index (χ3n) is 2.07. The first-order valence-corrected chi connectivity index (χ1v) is 4.69. The first-order chi connectivity index (χ1) is 6.33. The van der Waals surface area contributed by atoms with Gasteiger partial charge in [0.15, 0.2) is 0 Å². The Morgan fingerprint density at radius 1 is 1.31 bits per heavy atom. The lowest BCUT2D eigenvalue weighted by molar-refractivity contribution is 0.739. The van der Waals surface area contributed by atoms with Gasteiger partial charge in [0, 0.05) is 13.1 Å². The molecule has 0 atom stereocenters. The molecule has 0 heterocycles. The lowest BCUT2D eigenvalue weighted by Gasteiger charge is -2.04. The molecule has 1 rings (SSSR count). The molecule has 13 heavy (non-hydrogen) atoms. The Balaban J connectivity index is 2.28. The number of benzene rings is 1. The van der Waals surface area contributed by atoms with Crippen LogP contribution in [0.5, 0.6) is 0 Å². The van der Waals surface area contributed by atoms with Crippen molar-refractivity contribution in [3.63, 3.8) is 0 Å². The summed E-state index contributed by atoms with van der Waals surface area (Å²) < 4.78 is 0. The normalized spacial score (nSPS) is 11.7. The van der Waals surface area contributed by atoms with Crippen LogP contribution in [0.15, 0.2) is 42.0 Å². The zero-order valence-electron chi connectivity index (χ0n) is 8.38. The molecule has 1 nitrogen and oxygen atoms in total. The number of hydrogen-bond acceptors (Lipinski definition) is 1. The minimum absolute atomic E-state index is 0.950. The Kier molecular flexibility index (Phi) is 4.27. The van der Waals surface area contributed by atoms with Gasteiger partial charge in [0.05, 0.1) is 0 Å². The fourth-order valence-corrected chi connectivity index (χ4v) is 1.10. The summed E-state index contributed by atoms with van der Waals surface area (Å²) >= 11 is 0. The van der Waals surface area contributed by atoms with Crippen LogP contribution >= 0.6 is 0 Å². The summed E-state index contributed by atoms with van der Waals surface area (Å²) in [4.78, 5) is 0. The molecule has 0 aliphatic heterocycles. The second kappa shape index (κ2) is 5.55. The van der Waals surface area contributed by atoms with E-state index in [-0.39, 0.29) is 0 Å². The summed E-state index contributed by atoms with van der Waals surface area (Å²) in [7, 11) is 0. The zero-order chi connectivity index (χ0) is 9.52. The van der Waals surface area contributed by atoms with Crippen LogP contribution in [0.3, 0.4) is 0 Å². The van der Waals surface area contributed by atoms with Crippen molar-refractivity contribution >= 4 is 0 Å². The van der Waals surface area contributed by atoms with Gasteiger partial charge < -0.3 is 5.32 Å². The van der Waals surface area contributed by atoms with E-state index in [1.54, 1.807) is 0 Å². The predicted molar refractivity (Wildman–Crippen MR) is 57.6 cm³/mol. The minimum atomic E-state index is 0.950. The van der Waals surface area contributed by atoms with Crippen LogP contribution < -0.4 is 5.32 Å². The maximum absolute atomic E-state index is 3.38. The standard InChI is InChI=1S/C12H17N/c1-3-11(2)9-13-10-12-7-5-4-6-8-12/h3-8,13H,9-10H2,1-2H3/b11-3+. The third-order valence-corrected chi connectivity index (χ3v) is 2.07. The second-order valence-electron chi connectivity index (χ2n) is 3.22. The summed E-state index contributed by atoms with van der Waals surface area (Å²) in [6.07, 6.45) is 2.14. The molecule has 0 saturated carbocycles. The highest BCUT2D eigenvalue weighted by Crippen LogP contribution is 1.97. The van der Waals surface area contributed by atoms with Gasteiger partial charge in [0.25, 0.3) is 0 Å². The molecule has 0 unspecified atom stereocenters. The SMILES string of the molecule is C/C=C(\C)CNCc1ccccc1. The van der Waals surface area contributed by atoms with Crippen LogP contribution in [-0.4, -0.2) is 6.54 Å². The maximum atomic E-state index is 3.38. The topological polar surface area (TPSA) is 12.0 Å². The van der Waals surface area contributed by atoms with Crippen LogP contribution in [0.1, 0.15) is 19.4 Å². The van der Waals surface area contributed by atoms with Crippen molar-refractivity contribution in [2.24, 2.45) is 0 Å². The highest BCUT2D eigenvalue weighted by molar-refractivity contribution is 5.14. The monoisotopic (exact) mass is 175 g/mol. The largest absolute Gasteiger partial charge is 0.309 e. The average Bonchev–Trinajstić information content (AvgIpc) is 2.19. The van der Waals surface area contributed by atoms with Gasteiger partial charge in [0.1, 0.15) is 0 Å². The predicted octanol–water partition coefficient (Wildman–Crippen LogP) is 2.74.